The van der Waals surface area contributed by atoms with E-state index in [-0.39, 0.29) is 17.3 Å². The third kappa shape index (κ3) is 4.49. The monoisotopic (exact) mass is 563 g/mol. The minimum absolute atomic E-state index is 0.271. The van der Waals surface area contributed by atoms with Crippen LogP contribution in [0.25, 0.3) is 33.5 Å². The number of hydrogen-bond acceptors (Lipinski definition) is 8. The predicted octanol–water partition coefficient (Wildman–Crippen LogP) is 3.42. The van der Waals surface area contributed by atoms with Gasteiger partial charge >= 0.3 is 0 Å². The zero-order chi connectivity index (χ0) is 28.9. The summed E-state index contributed by atoms with van der Waals surface area (Å²) < 4.78 is 20.9. The number of ether oxygens (including phenoxy) is 1. The number of nitrogens with one attached hydrogen (secondary N) is 2. The Hall–Kier alpha value is -3.77. The molecule has 6 rings (SSSR count). The van der Waals surface area contributed by atoms with E-state index in [4.69, 9.17) is 25.4 Å². The fourth-order valence-corrected chi connectivity index (χ4v) is 6.49. The molecule has 1 aromatic carbocycles. The number of benzene rings is 1. The summed E-state index contributed by atoms with van der Waals surface area (Å²) in [6, 6.07) is 5.00. The summed E-state index contributed by atoms with van der Waals surface area (Å²) in [6.07, 6.45) is 3.48. The van der Waals surface area contributed by atoms with Crippen molar-refractivity contribution in [1.29, 1.82) is 0 Å². The van der Waals surface area contributed by atoms with Crippen molar-refractivity contribution in [1.82, 2.24) is 29.8 Å². The van der Waals surface area contributed by atoms with Crippen LogP contribution in [0.15, 0.2) is 24.4 Å². The maximum atomic E-state index is 15.3. The Kier molecular flexibility index (Phi) is 6.85. The quantitative estimate of drug-likeness (QED) is 0.312. The number of nitrogens with two attached hydrogens (primary N) is 1. The standard InChI is InChI=1S/C29H38FN9O2/c1-5-29(6-2)17-38(11-12-39(29)28(3,4)26(31)40)27-33-22-24(36-27)34-23(35-25(22)37-13-15-41-16-14-37)21-18-9-10-32-20(18)8-7-19(21)30/h7-10,32H,5-6,11-17H2,1-4H3,(H2,31,40)(H,33,34,35,36). The lowest BCUT2D eigenvalue weighted by molar-refractivity contribution is -0.134. The number of aromatic amines is 2. The zero-order valence-corrected chi connectivity index (χ0v) is 24.1. The fourth-order valence-electron chi connectivity index (χ4n) is 6.49. The van der Waals surface area contributed by atoms with Gasteiger partial charge in [-0.2, -0.15) is 4.98 Å². The van der Waals surface area contributed by atoms with Gasteiger partial charge in [-0.15, -0.1) is 0 Å². The average Bonchev–Trinajstić information content (AvgIpc) is 3.64. The summed E-state index contributed by atoms with van der Waals surface area (Å²) in [7, 11) is 0. The number of rotatable bonds is 7. The molecule has 2 saturated heterocycles. The number of aromatic nitrogens is 5. The molecule has 0 aliphatic carbocycles. The summed E-state index contributed by atoms with van der Waals surface area (Å²) in [4.78, 5) is 40.4. The van der Waals surface area contributed by atoms with Crippen molar-refractivity contribution in [3.63, 3.8) is 0 Å². The Morgan fingerprint density at radius 3 is 2.54 bits per heavy atom. The van der Waals surface area contributed by atoms with Gasteiger partial charge in [0.1, 0.15) is 11.3 Å². The van der Waals surface area contributed by atoms with E-state index in [2.05, 4.69) is 38.5 Å². The molecular weight excluding hydrogens is 525 g/mol. The Bertz CT molecular complexity index is 1590. The van der Waals surface area contributed by atoms with Crippen molar-refractivity contribution in [2.24, 2.45) is 5.73 Å². The molecule has 0 bridgehead atoms. The molecule has 3 aromatic heterocycles. The van der Waals surface area contributed by atoms with Gasteiger partial charge in [-0.05, 0) is 44.9 Å². The Morgan fingerprint density at radius 2 is 1.83 bits per heavy atom. The number of hydrogen-bond donors (Lipinski definition) is 3. The van der Waals surface area contributed by atoms with Crippen LogP contribution in [0.3, 0.4) is 0 Å². The van der Waals surface area contributed by atoms with Gasteiger partial charge < -0.3 is 30.2 Å². The summed E-state index contributed by atoms with van der Waals surface area (Å²) >= 11 is 0. The van der Waals surface area contributed by atoms with E-state index < -0.39 is 5.54 Å². The van der Waals surface area contributed by atoms with Crippen LogP contribution in [0, 0.1) is 5.82 Å². The first-order valence-electron chi connectivity index (χ1n) is 14.4. The van der Waals surface area contributed by atoms with E-state index in [1.807, 2.05) is 19.9 Å². The number of nitrogens with zero attached hydrogens (tertiary/aromatic N) is 6. The molecule has 0 radical (unpaired) electrons. The van der Waals surface area contributed by atoms with E-state index in [9.17, 15) is 4.79 Å². The SMILES string of the molecule is CCC1(CC)CN(c2nc3nc(-c4c(F)ccc5[nH]ccc45)nc(N4CCOCC4)c3[nH]2)CCN1C(C)(C)C(N)=O. The van der Waals surface area contributed by atoms with E-state index in [0.717, 1.165) is 23.7 Å². The van der Waals surface area contributed by atoms with Crippen molar-refractivity contribution < 1.29 is 13.9 Å². The molecule has 0 unspecified atom stereocenters. The molecule has 1 amide bonds. The van der Waals surface area contributed by atoms with Crippen LogP contribution in [0.5, 0.6) is 0 Å². The number of carbonyl (C=O) groups excluding carboxylic acids is 1. The smallest absolute Gasteiger partial charge is 0.237 e. The summed E-state index contributed by atoms with van der Waals surface area (Å²) in [5.41, 5.74) is 7.16. The number of primary amides is 1. The average molecular weight is 564 g/mol. The Morgan fingerprint density at radius 1 is 1.07 bits per heavy atom. The largest absolute Gasteiger partial charge is 0.378 e. The van der Waals surface area contributed by atoms with Crippen LogP contribution in [-0.2, 0) is 9.53 Å². The minimum atomic E-state index is -0.779. The van der Waals surface area contributed by atoms with Crippen LogP contribution in [0.4, 0.5) is 16.2 Å². The summed E-state index contributed by atoms with van der Waals surface area (Å²) in [5, 5.41) is 0.719. The van der Waals surface area contributed by atoms with Gasteiger partial charge in [0.05, 0.1) is 24.3 Å². The maximum Gasteiger partial charge on any atom is 0.237 e. The Balaban J connectivity index is 1.45. The number of carbonyl (C=O) groups is 1. The van der Waals surface area contributed by atoms with Crippen LogP contribution in [0.2, 0.25) is 0 Å². The number of piperazine rings is 1. The van der Waals surface area contributed by atoms with Crippen molar-refractivity contribution >= 4 is 39.7 Å². The predicted molar refractivity (Wildman–Crippen MR) is 157 cm³/mol. The number of morpholine rings is 1. The molecule has 12 heteroatoms. The number of anilines is 2. The molecule has 2 fully saturated rings. The molecule has 11 nitrogen and oxygen atoms in total. The topological polar surface area (TPSA) is 132 Å². The molecule has 218 valence electrons. The second-order valence-corrected chi connectivity index (χ2v) is 11.5. The van der Waals surface area contributed by atoms with Gasteiger partial charge in [-0.25, -0.2) is 14.4 Å². The summed E-state index contributed by atoms with van der Waals surface area (Å²) in [6.45, 7) is 12.6. The van der Waals surface area contributed by atoms with Gasteiger partial charge in [0, 0.05) is 55.4 Å². The van der Waals surface area contributed by atoms with Crippen LogP contribution in [-0.4, -0.2) is 92.7 Å². The Labute approximate surface area is 238 Å². The van der Waals surface area contributed by atoms with E-state index in [1.54, 1.807) is 12.3 Å². The minimum Gasteiger partial charge on any atom is -0.378 e. The summed E-state index contributed by atoms with van der Waals surface area (Å²) in [5.74, 6) is 0.950. The van der Waals surface area contributed by atoms with E-state index in [1.165, 1.54) is 6.07 Å². The number of amides is 1. The van der Waals surface area contributed by atoms with Crippen LogP contribution >= 0.6 is 0 Å². The molecule has 5 heterocycles. The highest BCUT2D eigenvalue weighted by Gasteiger charge is 2.48. The maximum absolute atomic E-state index is 15.3. The third-order valence-electron chi connectivity index (χ3n) is 9.08. The first kappa shape index (κ1) is 27.4. The number of H-pyrrole nitrogens is 2. The molecule has 0 spiro atoms. The molecule has 4 N–H and O–H groups in total. The second kappa shape index (κ2) is 10.3. The first-order valence-corrected chi connectivity index (χ1v) is 14.4. The van der Waals surface area contributed by atoms with Crippen molar-refractivity contribution in [2.45, 2.75) is 51.6 Å². The van der Waals surface area contributed by atoms with Crippen molar-refractivity contribution in [3.05, 3.63) is 30.2 Å². The highest BCUT2D eigenvalue weighted by Crippen LogP contribution is 2.38. The van der Waals surface area contributed by atoms with Gasteiger partial charge in [0.25, 0.3) is 0 Å². The molecule has 4 aromatic rings. The normalized spacial score (nSPS) is 18.5. The van der Waals surface area contributed by atoms with Crippen molar-refractivity contribution in [3.8, 4) is 11.4 Å². The second-order valence-electron chi connectivity index (χ2n) is 11.5. The number of fused-ring (bicyclic) bond motifs is 2. The molecular formula is C29H38FN9O2. The van der Waals surface area contributed by atoms with Crippen LogP contribution < -0.4 is 15.5 Å². The highest BCUT2D eigenvalue weighted by molar-refractivity contribution is 5.96. The van der Waals surface area contributed by atoms with Crippen molar-refractivity contribution in [2.75, 3.05) is 55.7 Å². The van der Waals surface area contributed by atoms with Gasteiger partial charge in [0.2, 0.25) is 11.9 Å². The molecule has 2 aliphatic rings. The van der Waals surface area contributed by atoms with Crippen LogP contribution in [0.1, 0.15) is 40.5 Å². The molecule has 41 heavy (non-hydrogen) atoms. The molecule has 0 atom stereocenters. The van der Waals surface area contributed by atoms with E-state index in [0.29, 0.717) is 80.3 Å². The third-order valence-corrected chi connectivity index (χ3v) is 9.08. The zero-order valence-electron chi connectivity index (χ0n) is 24.1. The molecule has 2 aliphatic heterocycles. The number of imidazole rings is 1. The van der Waals surface area contributed by atoms with Gasteiger partial charge in [-0.1, -0.05) is 13.8 Å². The fraction of sp³-hybridized carbons (Fsp3) is 0.517. The van der Waals surface area contributed by atoms with Gasteiger partial charge in [-0.3, -0.25) is 9.69 Å². The highest BCUT2D eigenvalue weighted by atomic mass is 19.1. The van der Waals surface area contributed by atoms with E-state index >= 15 is 4.39 Å². The lowest BCUT2D eigenvalue weighted by Gasteiger charge is -2.55. The number of halogens is 1. The lowest BCUT2D eigenvalue weighted by atomic mass is 9.83. The first-order chi connectivity index (χ1) is 19.7. The molecule has 0 saturated carbocycles. The lowest BCUT2D eigenvalue weighted by Crippen LogP contribution is -2.70. The van der Waals surface area contributed by atoms with Gasteiger partial charge in [0.15, 0.2) is 17.3 Å².